The number of piperidine rings is 1. The predicted molar refractivity (Wildman–Crippen MR) is 107 cm³/mol. The van der Waals surface area contributed by atoms with Gasteiger partial charge >= 0.3 is 12.1 Å². The molecule has 1 spiro atoms. The van der Waals surface area contributed by atoms with Crippen LogP contribution in [0.2, 0.25) is 0 Å². The van der Waals surface area contributed by atoms with E-state index in [0.717, 1.165) is 43.5 Å². The van der Waals surface area contributed by atoms with E-state index in [1.54, 1.807) is 0 Å². The lowest BCUT2D eigenvalue weighted by molar-refractivity contribution is -0.193. The first-order valence-electron chi connectivity index (χ1n) is 10.7. The van der Waals surface area contributed by atoms with Crippen molar-refractivity contribution in [2.24, 2.45) is 11.3 Å². The maximum absolute atomic E-state index is 13.4. The van der Waals surface area contributed by atoms with Gasteiger partial charge in [0.25, 0.3) is 0 Å². The molecule has 158 valence electrons. The molecule has 0 aromatic heterocycles. The molecule has 2 atom stereocenters. The van der Waals surface area contributed by atoms with Crippen molar-refractivity contribution in [2.45, 2.75) is 63.7 Å². The van der Waals surface area contributed by atoms with Gasteiger partial charge < -0.3 is 10.2 Å². The van der Waals surface area contributed by atoms with Gasteiger partial charge in [-0.05, 0) is 62.6 Å². The third-order valence-electron chi connectivity index (χ3n) is 7.02. The van der Waals surface area contributed by atoms with Crippen LogP contribution in [-0.4, -0.2) is 42.2 Å². The van der Waals surface area contributed by atoms with Crippen LogP contribution >= 0.6 is 0 Å². The van der Waals surface area contributed by atoms with Crippen molar-refractivity contribution in [1.29, 1.82) is 0 Å². The molecular weight excluding hydrogens is 377 g/mol. The zero-order valence-corrected chi connectivity index (χ0v) is 16.8. The highest BCUT2D eigenvalue weighted by Crippen LogP contribution is 2.54. The van der Waals surface area contributed by atoms with E-state index in [1.165, 1.54) is 4.90 Å². The Morgan fingerprint density at radius 2 is 1.86 bits per heavy atom. The van der Waals surface area contributed by atoms with Crippen LogP contribution in [0.15, 0.2) is 35.9 Å². The Bertz CT molecular complexity index is 760. The highest BCUT2D eigenvalue weighted by molar-refractivity contribution is 5.83. The molecule has 6 heteroatoms. The van der Waals surface area contributed by atoms with Crippen LogP contribution < -0.4 is 5.32 Å². The van der Waals surface area contributed by atoms with Crippen LogP contribution in [0.5, 0.6) is 0 Å². The highest BCUT2D eigenvalue weighted by atomic mass is 19.4. The van der Waals surface area contributed by atoms with Gasteiger partial charge in [0.15, 0.2) is 0 Å². The Labute approximate surface area is 170 Å². The molecular formula is C23H29F3N2O. The van der Waals surface area contributed by atoms with E-state index in [-0.39, 0.29) is 23.4 Å². The minimum Gasteiger partial charge on any atom is -0.328 e. The molecule has 2 aliphatic carbocycles. The zero-order valence-electron chi connectivity index (χ0n) is 16.8. The molecule has 0 radical (unpaired) electrons. The van der Waals surface area contributed by atoms with Crippen LogP contribution in [0.25, 0.3) is 6.08 Å². The van der Waals surface area contributed by atoms with E-state index in [1.807, 2.05) is 37.3 Å². The fraction of sp³-hybridized carbons (Fsp3) is 0.609. The maximum Gasteiger partial charge on any atom is 0.471 e. The lowest BCUT2D eigenvalue weighted by atomic mass is 9.60. The van der Waals surface area contributed by atoms with Crippen LogP contribution in [0.3, 0.4) is 0 Å². The topological polar surface area (TPSA) is 32.3 Å². The number of amides is 1. The second kappa shape index (κ2) is 7.78. The van der Waals surface area contributed by atoms with Crippen molar-refractivity contribution in [3.63, 3.8) is 0 Å². The third-order valence-corrected chi connectivity index (χ3v) is 7.02. The zero-order chi connectivity index (χ0) is 20.6. The van der Waals surface area contributed by atoms with Gasteiger partial charge in [-0.15, -0.1) is 0 Å². The summed E-state index contributed by atoms with van der Waals surface area (Å²) in [6.45, 7) is 3.88. The Hall–Kier alpha value is -1.82. The number of rotatable bonds is 5. The lowest BCUT2D eigenvalue weighted by Crippen LogP contribution is -2.59. The number of carbonyl (C=O) groups is 1. The number of halogens is 3. The molecule has 3 nitrogen and oxygen atoms in total. The number of benzene rings is 1. The first-order chi connectivity index (χ1) is 13.8. The quantitative estimate of drug-likeness (QED) is 0.762. The third kappa shape index (κ3) is 4.23. The highest BCUT2D eigenvalue weighted by Gasteiger charge is 2.58. The number of nitrogens with one attached hydrogen (secondary N) is 1. The molecule has 4 rings (SSSR count). The summed E-state index contributed by atoms with van der Waals surface area (Å²) >= 11 is 0. The first kappa shape index (κ1) is 20.5. The fourth-order valence-corrected chi connectivity index (χ4v) is 5.36. The number of alkyl halides is 3. The van der Waals surface area contributed by atoms with Crippen molar-refractivity contribution < 1.29 is 18.0 Å². The monoisotopic (exact) mass is 406 g/mol. The van der Waals surface area contributed by atoms with Gasteiger partial charge in [0, 0.05) is 18.0 Å². The van der Waals surface area contributed by atoms with Gasteiger partial charge in [0.1, 0.15) is 0 Å². The molecule has 2 saturated carbocycles. The molecule has 0 bridgehead atoms. The summed E-state index contributed by atoms with van der Waals surface area (Å²) in [4.78, 5) is 13.6. The molecule has 1 aromatic carbocycles. The maximum atomic E-state index is 13.4. The molecule has 29 heavy (non-hydrogen) atoms. The van der Waals surface area contributed by atoms with Crippen LogP contribution in [0.4, 0.5) is 13.2 Å². The molecule has 1 unspecified atom stereocenters. The SMILES string of the molecule is CCC(=Cc1ccccc1)C1C[C@@H]1N(C(=O)C(F)(F)F)C1CC2(CCNCC2)C1. The molecule has 1 aliphatic heterocycles. The Morgan fingerprint density at radius 1 is 1.21 bits per heavy atom. The van der Waals surface area contributed by atoms with Crippen molar-refractivity contribution in [1.82, 2.24) is 10.2 Å². The second-order valence-corrected chi connectivity index (χ2v) is 8.92. The van der Waals surface area contributed by atoms with Crippen LogP contribution in [0.1, 0.15) is 51.0 Å². The second-order valence-electron chi connectivity index (χ2n) is 8.92. The van der Waals surface area contributed by atoms with Gasteiger partial charge in [0.2, 0.25) is 0 Å². The van der Waals surface area contributed by atoms with Gasteiger partial charge in [-0.3, -0.25) is 4.79 Å². The van der Waals surface area contributed by atoms with E-state index in [0.29, 0.717) is 19.3 Å². The Balaban J connectivity index is 1.51. The van der Waals surface area contributed by atoms with Crippen LogP contribution in [-0.2, 0) is 4.79 Å². The smallest absolute Gasteiger partial charge is 0.328 e. The van der Waals surface area contributed by atoms with E-state index in [4.69, 9.17) is 0 Å². The molecule has 1 saturated heterocycles. The number of nitrogens with zero attached hydrogens (tertiary/aromatic N) is 1. The first-order valence-corrected chi connectivity index (χ1v) is 10.7. The molecule has 1 amide bonds. The molecule has 1 N–H and O–H groups in total. The summed E-state index contributed by atoms with van der Waals surface area (Å²) < 4.78 is 40.1. The van der Waals surface area contributed by atoms with E-state index < -0.39 is 12.1 Å². The van der Waals surface area contributed by atoms with E-state index in [9.17, 15) is 18.0 Å². The fourth-order valence-electron chi connectivity index (χ4n) is 5.36. The summed E-state index contributed by atoms with van der Waals surface area (Å²) in [7, 11) is 0. The Morgan fingerprint density at radius 3 is 2.45 bits per heavy atom. The minimum atomic E-state index is -4.81. The van der Waals surface area contributed by atoms with Crippen molar-refractivity contribution in [3.05, 3.63) is 41.5 Å². The van der Waals surface area contributed by atoms with E-state index in [2.05, 4.69) is 11.4 Å². The van der Waals surface area contributed by atoms with Gasteiger partial charge in [-0.1, -0.05) is 48.9 Å². The number of hydrogen-bond donors (Lipinski definition) is 1. The summed E-state index contributed by atoms with van der Waals surface area (Å²) in [5.74, 6) is -1.61. The van der Waals surface area contributed by atoms with Gasteiger partial charge in [-0.25, -0.2) is 0 Å². The molecule has 1 heterocycles. The predicted octanol–water partition coefficient (Wildman–Crippen LogP) is 4.79. The Kier molecular flexibility index (Phi) is 5.49. The summed E-state index contributed by atoms with van der Waals surface area (Å²) in [5.41, 5.74) is 2.33. The normalized spacial score (nSPS) is 26.8. The molecule has 3 fully saturated rings. The van der Waals surface area contributed by atoms with Crippen LogP contribution in [0, 0.1) is 11.3 Å². The number of hydrogen-bond acceptors (Lipinski definition) is 2. The molecule has 1 aromatic rings. The average Bonchev–Trinajstić information content (AvgIpc) is 3.46. The van der Waals surface area contributed by atoms with Gasteiger partial charge in [-0.2, -0.15) is 13.2 Å². The summed E-state index contributed by atoms with van der Waals surface area (Å²) in [6, 6.07) is 9.26. The standard InChI is InChI=1S/C23H29F3N2O/c1-2-17(12-16-6-4-3-5-7-16)19-13-20(19)28(21(29)23(24,25)26)18-14-22(15-18)8-10-27-11-9-22/h3-7,12,18-20,27H,2,8-11,13-15H2,1H3/t19?,20-/m0/s1. The van der Waals surface area contributed by atoms with E-state index >= 15 is 0 Å². The van der Waals surface area contributed by atoms with Crippen molar-refractivity contribution in [2.75, 3.05) is 13.1 Å². The van der Waals surface area contributed by atoms with Crippen molar-refractivity contribution >= 4 is 12.0 Å². The average molecular weight is 406 g/mol. The van der Waals surface area contributed by atoms with Gasteiger partial charge in [0.05, 0.1) is 0 Å². The summed E-state index contributed by atoms with van der Waals surface area (Å²) in [6.07, 6.45) is 2.12. The van der Waals surface area contributed by atoms with Crippen molar-refractivity contribution in [3.8, 4) is 0 Å². The largest absolute Gasteiger partial charge is 0.471 e. The lowest BCUT2D eigenvalue weighted by Gasteiger charge is -2.54. The minimum absolute atomic E-state index is 0.0380. The summed E-state index contributed by atoms with van der Waals surface area (Å²) in [5, 5.41) is 3.32. The molecule has 3 aliphatic rings. The number of carbonyl (C=O) groups excluding carboxylic acids is 1.